The lowest BCUT2D eigenvalue weighted by Crippen LogP contribution is -2.49. The molecule has 1 aliphatic rings. The molecule has 1 amide bonds. The minimum Gasteiger partial charge on any atom is -0.379 e. The third-order valence-corrected chi connectivity index (χ3v) is 5.16. The molecule has 3 rings (SSSR count). The van der Waals surface area contributed by atoms with Gasteiger partial charge in [0.15, 0.2) is 0 Å². The summed E-state index contributed by atoms with van der Waals surface area (Å²) in [5, 5.41) is 3.10. The van der Waals surface area contributed by atoms with Crippen LogP contribution in [0.1, 0.15) is 26.5 Å². The van der Waals surface area contributed by atoms with E-state index < -0.39 is 0 Å². The quantitative estimate of drug-likeness (QED) is 0.824. The first-order valence-corrected chi connectivity index (χ1v) is 9.19. The number of hydrogen-bond acceptors (Lipinski definition) is 5. The topological polar surface area (TPSA) is 56.8 Å². The van der Waals surface area contributed by atoms with E-state index in [0.29, 0.717) is 31.3 Å². The molecule has 1 saturated heterocycles. The first kappa shape index (κ1) is 18.1. The molecule has 1 aliphatic heterocycles. The molecule has 6 heteroatoms. The number of methoxy groups -OCH3 is 1. The molecular weight excluding hydrogens is 338 g/mol. The summed E-state index contributed by atoms with van der Waals surface area (Å²) in [5.74, 6) is -0.0624. The molecular formula is C19H23NO4S. The monoisotopic (exact) mass is 361 g/mol. The molecule has 1 N–H and O–H groups in total. The van der Waals surface area contributed by atoms with Gasteiger partial charge in [-0.25, -0.2) is 0 Å². The molecule has 0 bridgehead atoms. The van der Waals surface area contributed by atoms with Gasteiger partial charge in [-0.1, -0.05) is 30.3 Å². The molecule has 134 valence electrons. The summed E-state index contributed by atoms with van der Waals surface area (Å²) in [6.07, 6.45) is 0.609. The second kappa shape index (κ2) is 9.10. The van der Waals surface area contributed by atoms with E-state index in [0.717, 1.165) is 16.9 Å². The molecule has 2 aromatic rings. The standard InChI is InChI=1S/C19H23NO4S/c1-22-12-15-7-8-18(25-15)19(21)20-16-9-10-23-13-17(16)24-11-14-5-3-2-4-6-14/h2-8,16-17H,9-13H2,1H3,(H,20,21)/t16-,17-/m1/s1. The molecule has 25 heavy (non-hydrogen) atoms. The molecule has 1 aromatic heterocycles. The van der Waals surface area contributed by atoms with Crippen LogP contribution in [0.5, 0.6) is 0 Å². The highest BCUT2D eigenvalue weighted by Gasteiger charge is 2.28. The van der Waals surface area contributed by atoms with Gasteiger partial charge in [-0.05, 0) is 24.1 Å². The van der Waals surface area contributed by atoms with Gasteiger partial charge in [0.25, 0.3) is 5.91 Å². The average molecular weight is 361 g/mol. The fourth-order valence-corrected chi connectivity index (χ4v) is 3.66. The molecule has 5 nitrogen and oxygen atoms in total. The second-order valence-corrected chi connectivity index (χ2v) is 7.15. The predicted molar refractivity (Wildman–Crippen MR) is 96.7 cm³/mol. The van der Waals surface area contributed by atoms with Gasteiger partial charge in [0.05, 0.1) is 30.7 Å². The molecule has 0 spiro atoms. The Morgan fingerprint density at radius 3 is 2.88 bits per heavy atom. The number of thiophene rings is 1. The maximum atomic E-state index is 12.5. The first-order valence-electron chi connectivity index (χ1n) is 8.38. The lowest BCUT2D eigenvalue weighted by atomic mass is 10.1. The van der Waals surface area contributed by atoms with Crippen LogP contribution in [0, 0.1) is 0 Å². The molecule has 0 saturated carbocycles. The third kappa shape index (κ3) is 5.12. The van der Waals surface area contributed by atoms with Gasteiger partial charge in [0.2, 0.25) is 0 Å². The Kier molecular flexibility index (Phi) is 6.58. The van der Waals surface area contributed by atoms with Crippen LogP contribution in [-0.4, -0.2) is 38.4 Å². The highest BCUT2D eigenvalue weighted by atomic mass is 32.1. The van der Waals surface area contributed by atoms with E-state index >= 15 is 0 Å². The molecule has 0 aliphatic carbocycles. The molecule has 2 heterocycles. The number of benzene rings is 1. The lowest BCUT2D eigenvalue weighted by molar-refractivity contribution is -0.0735. The van der Waals surface area contributed by atoms with E-state index in [1.165, 1.54) is 11.3 Å². The molecule has 1 aromatic carbocycles. The molecule has 2 atom stereocenters. The van der Waals surface area contributed by atoms with Crippen molar-refractivity contribution in [2.75, 3.05) is 20.3 Å². The van der Waals surface area contributed by atoms with Crippen molar-refractivity contribution in [2.24, 2.45) is 0 Å². The summed E-state index contributed by atoms with van der Waals surface area (Å²) in [5.41, 5.74) is 1.11. The number of nitrogens with one attached hydrogen (secondary N) is 1. The van der Waals surface area contributed by atoms with Gasteiger partial charge in [-0.15, -0.1) is 11.3 Å². The van der Waals surface area contributed by atoms with Crippen molar-refractivity contribution in [3.63, 3.8) is 0 Å². The summed E-state index contributed by atoms with van der Waals surface area (Å²) in [6.45, 7) is 2.17. The molecule has 0 radical (unpaired) electrons. The zero-order chi connectivity index (χ0) is 17.5. The number of carbonyl (C=O) groups is 1. The van der Waals surface area contributed by atoms with Crippen LogP contribution in [0.15, 0.2) is 42.5 Å². The van der Waals surface area contributed by atoms with Gasteiger partial charge in [0.1, 0.15) is 6.10 Å². The van der Waals surface area contributed by atoms with Crippen molar-refractivity contribution in [1.82, 2.24) is 5.32 Å². The van der Waals surface area contributed by atoms with Crippen molar-refractivity contribution in [3.8, 4) is 0 Å². The van der Waals surface area contributed by atoms with Crippen LogP contribution in [0.25, 0.3) is 0 Å². The Morgan fingerprint density at radius 1 is 1.24 bits per heavy atom. The third-order valence-electron chi connectivity index (χ3n) is 4.10. The van der Waals surface area contributed by atoms with E-state index in [1.807, 2.05) is 42.5 Å². The highest BCUT2D eigenvalue weighted by Crippen LogP contribution is 2.19. The fourth-order valence-electron chi connectivity index (χ4n) is 2.78. The Balaban J connectivity index is 1.57. The maximum Gasteiger partial charge on any atom is 0.261 e. The number of rotatable bonds is 7. The normalized spacial score (nSPS) is 20.4. The molecule has 0 unspecified atom stereocenters. The largest absolute Gasteiger partial charge is 0.379 e. The summed E-state index contributed by atoms with van der Waals surface area (Å²) < 4.78 is 16.6. The number of carbonyl (C=O) groups excluding carboxylic acids is 1. The minimum atomic E-state index is -0.142. The molecule has 1 fully saturated rings. The van der Waals surface area contributed by atoms with Gasteiger partial charge in [-0.3, -0.25) is 4.79 Å². The smallest absolute Gasteiger partial charge is 0.261 e. The van der Waals surface area contributed by atoms with Crippen LogP contribution in [0.4, 0.5) is 0 Å². The Hall–Kier alpha value is -1.73. The van der Waals surface area contributed by atoms with Crippen LogP contribution in [-0.2, 0) is 27.4 Å². The second-order valence-electron chi connectivity index (χ2n) is 5.98. The first-order chi connectivity index (χ1) is 12.3. The van der Waals surface area contributed by atoms with E-state index in [9.17, 15) is 4.79 Å². The summed E-state index contributed by atoms with van der Waals surface area (Å²) >= 11 is 1.46. The minimum absolute atomic E-state index is 0.0436. The van der Waals surface area contributed by atoms with Crippen molar-refractivity contribution < 1.29 is 19.0 Å². The Morgan fingerprint density at radius 2 is 2.08 bits per heavy atom. The van der Waals surface area contributed by atoms with Crippen LogP contribution in [0.2, 0.25) is 0 Å². The van der Waals surface area contributed by atoms with E-state index in [1.54, 1.807) is 7.11 Å². The lowest BCUT2D eigenvalue weighted by Gasteiger charge is -2.32. The van der Waals surface area contributed by atoms with Gasteiger partial charge in [-0.2, -0.15) is 0 Å². The predicted octanol–water partition coefficient (Wildman–Crippen LogP) is 3.00. The van der Waals surface area contributed by atoms with Crippen LogP contribution < -0.4 is 5.32 Å². The summed E-state index contributed by atoms with van der Waals surface area (Å²) in [7, 11) is 1.65. The average Bonchev–Trinajstić information content (AvgIpc) is 3.11. The summed E-state index contributed by atoms with van der Waals surface area (Å²) in [4.78, 5) is 14.2. The highest BCUT2D eigenvalue weighted by molar-refractivity contribution is 7.14. The zero-order valence-corrected chi connectivity index (χ0v) is 15.1. The van der Waals surface area contributed by atoms with Crippen molar-refractivity contribution in [1.29, 1.82) is 0 Å². The zero-order valence-electron chi connectivity index (χ0n) is 14.3. The van der Waals surface area contributed by atoms with E-state index in [-0.39, 0.29) is 18.1 Å². The Bertz CT molecular complexity index is 673. The van der Waals surface area contributed by atoms with Crippen molar-refractivity contribution in [3.05, 3.63) is 57.8 Å². The van der Waals surface area contributed by atoms with E-state index in [4.69, 9.17) is 14.2 Å². The van der Waals surface area contributed by atoms with Gasteiger partial charge < -0.3 is 19.5 Å². The van der Waals surface area contributed by atoms with Gasteiger partial charge in [0, 0.05) is 18.6 Å². The summed E-state index contributed by atoms with van der Waals surface area (Å²) in [6, 6.07) is 13.7. The van der Waals surface area contributed by atoms with E-state index in [2.05, 4.69) is 5.32 Å². The van der Waals surface area contributed by atoms with Crippen molar-refractivity contribution in [2.45, 2.75) is 31.8 Å². The number of amides is 1. The number of ether oxygens (including phenoxy) is 3. The van der Waals surface area contributed by atoms with Crippen molar-refractivity contribution >= 4 is 17.2 Å². The SMILES string of the molecule is COCc1ccc(C(=O)N[C@@H]2CCOC[C@H]2OCc2ccccc2)s1. The Labute approximate surface area is 151 Å². The number of hydrogen-bond donors (Lipinski definition) is 1. The van der Waals surface area contributed by atoms with Crippen LogP contribution >= 0.6 is 11.3 Å². The van der Waals surface area contributed by atoms with Crippen LogP contribution in [0.3, 0.4) is 0 Å². The fraction of sp³-hybridized carbons (Fsp3) is 0.421. The maximum absolute atomic E-state index is 12.5. The van der Waals surface area contributed by atoms with Gasteiger partial charge >= 0.3 is 0 Å².